The number of aromatic hydroxyl groups is 1. The van der Waals surface area contributed by atoms with Crippen molar-refractivity contribution < 1.29 is 9.90 Å². The highest BCUT2D eigenvalue weighted by Gasteiger charge is 2.21. The molecule has 0 saturated carbocycles. The van der Waals surface area contributed by atoms with E-state index in [0.29, 0.717) is 12.2 Å². The van der Waals surface area contributed by atoms with E-state index in [1.807, 2.05) is 0 Å². The molecule has 0 unspecified atom stereocenters. The molecule has 0 bridgehead atoms. The Balaban J connectivity index is 1.63. The Hall–Kier alpha value is -2.33. The fraction of sp³-hybridized carbons (Fsp3) is 0.278. The van der Waals surface area contributed by atoms with Gasteiger partial charge >= 0.3 is 0 Å². The molecule has 114 valence electrons. The van der Waals surface area contributed by atoms with E-state index >= 15 is 0 Å². The Morgan fingerprint density at radius 2 is 1.73 bits per heavy atom. The normalized spacial score (nSPS) is 13.9. The van der Waals surface area contributed by atoms with Crippen LogP contribution in [0.2, 0.25) is 0 Å². The predicted octanol–water partition coefficient (Wildman–Crippen LogP) is 2.96. The number of aryl methyl sites for hydroxylation is 2. The monoisotopic (exact) mass is 296 g/mol. The van der Waals surface area contributed by atoms with Gasteiger partial charge in [-0.2, -0.15) is 0 Å². The molecule has 1 aliphatic heterocycles. The van der Waals surface area contributed by atoms with Crippen LogP contribution in [-0.2, 0) is 17.9 Å². The number of amides is 1. The minimum atomic E-state index is -0.109. The van der Waals surface area contributed by atoms with Crippen LogP contribution in [-0.4, -0.2) is 22.5 Å². The number of fused-ring (bicyclic) bond motifs is 1. The van der Waals surface area contributed by atoms with Crippen LogP contribution in [0.5, 0.6) is 5.75 Å². The van der Waals surface area contributed by atoms with Gasteiger partial charge in [0.25, 0.3) is 0 Å². The third kappa shape index (κ3) is 2.97. The number of hydrogen-bond acceptors (Lipinski definition) is 3. The van der Waals surface area contributed by atoms with Crippen LogP contribution in [0.3, 0.4) is 0 Å². The molecule has 0 spiro atoms. The van der Waals surface area contributed by atoms with Crippen LogP contribution in [0.15, 0.2) is 36.4 Å². The zero-order valence-electron chi connectivity index (χ0n) is 12.9. The van der Waals surface area contributed by atoms with Gasteiger partial charge in [0.1, 0.15) is 5.75 Å². The number of carbonyl (C=O) groups excluding carboxylic acids is 1. The maximum atomic E-state index is 12.1. The summed E-state index contributed by atoms with van der Waals surface area (Å²) in [7, 11) is 0. The van der Waals surface area contributed by atoms with Gasteiger partial charge in [0.15, 0.2) is 0 Å². The summed E-state index contributed by atoms with van der Waals surface area (Å²) >= 11 is 0. The van der Waals surface area contributed by atoms with E-state index in [9.17, 15) is 9.90 Å². The van der Waals surface area contributed by atoms with Crippen molar-refractivity contribution >= 4 is 11.6 Å². The van der Waals surface area contributed by atoms with E-state index in [4.69, 9.17) is 0 Å². The quantitative estimate of drug-likeness (QED) is 0.856. The molecular weight excluding hydrogens is 276 g/mol. The number of anilines is 1. The van der Waals surface area contributed by atoms with Crippen LogP contribution in [0.25, 0.3) is 0 Å². The lowest BCUT2D eigenvalue weighted by Gasteiger charge is -2.14. The SMILES string of the molecule is Cc1cc2c(cc1C)CN(CC(=O)Nc1ccccc1O)C2. The average Bonchev–Trinajstić information content (AvgIpc) is 2.83. The topological polar surface area (TPSA) is 52.6 Å². The van der Waals surface area contributed by atoms with Gasteiger partial charge in [-0.15, -0.1) is 0 Å². The van der Waals surface area contributed by atoms with Crippen molar-refractivity contribution in [3.8, 4) is 5.75 Å². The van der Waals surface area contributed by atoms with Gasteiger partial charge in [0.2, 0.25) is 5.91 Å². The molecule has 2 N–H and O–H groups in total. The van der Waals surface area contributed by atoms with Gasteiger partial charge < -0.3 is 10.4 Å². The molecule has 0 radical (unpaired) electrons. The van der Waals surface area contributed by atoms with Crippen LogP contribution in [0.4, 0.5) is 5.69 Å². The minimum absolute atomic E-state index is 0.0896. The Labute approximate surface area is 130 Å². The van der Waals surface area contributed by atoms with E-state index in [1.54, 1.807) is 24.3 Å². The number of rotatable bonds is 3. The summed E-state index contributed by atoms with van der Waals surface area (Å²) in [5, 5.41) is 12.5. The van der Waals surface area contributed by atoms with Crippen LogP contribution < -0.4 is 5.32 Å². The van der Waals surface area contributed by atoms with E-state index in [0.717, 1.165) is 13.1 Å². The van der Waals surface area contributed by atoms with Crippen molar-refractivity contribution in [3.05, 3.63) is 58.7 Å². The second kappa shape index (κ2) is 5.81. The van der Waals surface area contributed by atoms with Crippen molar-refractivity contribution in [2.45, 2.75) is 26.9 Å². The summed E-state index contributed by atoms with van der Waals surface area (Å²) in [6.45, 7) is 6.14. The standard InChI is InChI=1S/C18H20N2O2/c1-12-7-14-9-20(10-15(14)8-13(12)2)11-18(22)19-16-5-3-4-6-17(16)21/h3-8,21H,9-11H2,1-2H3,(H,19,22). The van der Waals surface area contributed by atoms with Gasteiger partial charge in [-0.25, -0.2) is 0 Å². The first-order valence-electron chi connectivity index (χ1n) is 7.42. The first-order chi connectivity index (χ1) is 10.5. The van der Waals surface area contributed by atoms with Crippen molar-refractivity contribution in [2.24, 2.45) is 0 Å². The molecule has 22 heavy (non-hydrogen) atoms. The molecule has 1 amide bonds. The molecule has 1 heterocycles. The maximum absolute atomic E-state index is 12.1. The molecule has 0 atom stereocenters. The zero-order valence-corrected chi connectivity index (χ0v) is 12.9. The lowest BCUT2D eigenvalue weighted by molar-refractivity contribution is -0.117. The number of carbonyl (C=O) groups is 1. The van der Waals surface area contributed by atoms with E-state index in [-0.39, 0.29) is 11.7 Å². The molecule has 2 aromatic rings. The van der Waals surface area contributed by atoms with Gasteiger partial charge in [0.05, 0.1) is 12.2 Å². The van der Waals surface area contributed by atoms with Gasteiger partial charge in [-0.3, -0.25) is 9.69 Å². The number of nitrogens with zero attached hydrogens (tertiary/aromatic N) is 1. The van der Waals surface area contributed by atoms with Crippen LogP contribution in [0.1, 0.15) is 22.3 Å². The number of nitrogens with one attached hydrogen (secondary N) is 1. The number of para-hydroxylation sites is 2. The molecule has 0 aromatic heterocycles. The number of phenols is 1. The summed E-state index contributed by atoms with van der Waals surface area (Å²) in [5.41, 5.74) is 5.64. The first kappa shape index (κ1) is 14.6. The van der Waals surface area contributed by atoms with Crippen molar-refractivity contribution in [3.63, 3.8) is 0 Å². The van der Waals surface area contributed by atoms with Crippen molar-refractivity contribution in [2.75, 3.05) is 11.9 Å². The average molecular weight is 296 g/mol. The lowest BCUT2D eigenvalue weighted by atomic mass is 10.0. The Morgan fingerprint density at radius 3 is 2.32 bits per heavy atom. The zero-order chi connectivity index (χ0) is 15.7. The molecule has 2 aromatic carbocycles. The van der Waals surface area contributed by atoms with Gasteiger partial charge in [-0.05, 0) is 48.2 Å². The Morgan fingerprint density at radius 1 is 1.14 bits per heavy atom. The van der Waals surface area contributed by atoms with E-state index < -0.39 is 0 Å². The molecule has 0 saturated heterocycles. The summed E-state index contributed by atoms with van der Waals surface area (Å²) in [6.07, 6.45) is 0. The second-order valence-electron chi connectivity index (χ2n) is 5.92. The van der Waals surface area contributed by atoms with Crippen LogP contribution in [0, 0.1) is 13.8 Å². The molecule has 4 heteroatoms. The predicted molar refractivity (Wildman–Crippen MR) is 86.8 cm³/mol. The summed E-state index contributed by atoms with van der Waals surface area (Å²) in [4.78, 5) is 14.3. The molecule has 0 aliphatic carbocycles. The second-order valence-corrected chi connectivity index (χ2v) is 5.92. The largest absolute Gasteiger partial charge is 0.506 e. The minimum Gasteiger partial charge on any atom is -0.506 e. The number of phenolic OH excluding ortho intramolecular Hbond substituents is 1. The molecular formula is C18H20N2O2. The van der Waals surface area contributed by atoms with Crippen LogP contribution >= 0.6 is 0 Å². The Kier molecular flexibility index (Phi) is 3.86. The highest BCUT2D eigenvalue weighted by atomic mass is 16.3. The van der Waals surface area contributed by atoms with Gasteiger partial charge in [0, 0.05) is 13.1 Å². The summed E-state index contributed by atoms with van der Waals surface area (Å²) in [5.74, 6) is -0.0189. The molecule has 1 aliphatic rings. The van der Waals surface area contributed by atoms with E-state index in [2.05, 4.69) is 36.2 Å². The summed E-state index contributed by atoms with van der Waals surface area (Å²) < 4.78 is 0. The number of hydrogen-bond donors (Lipinski definition) is 2. The van der Waals surface area contributed by atoms with Crippen molar-refractivity contribution in [1.29, 1.82) is 0 Å². The summed E-state index contributed by atoms with van der Waals surface area (Å²) in [6, 6.07) is 11.2. The smallest absolute Gasteiger partial charge is 0.238 e. The third-order valence-electron chi connectivity index (χ3n) is 4.15. The lowest BCUT2D eigenvalue weighted by Crippen LogP contribution is -2.29. The maximum Gasteiger partial charge on any atom is 0.238 e. The highest BCUT2D eigenvalue weighted by molar-refractivity contribution is 5.93. The van der Waals surface area contributed by atoms with Crippen molar-refractivity contribution in [1.82, 2.24) is 4.90 Å². The van der Waals surface area contributed by atoms with Gasteiger partial charge in [-0.1, -0.05) is 24.3 Å². The Bertz CT molecular complexity index is 694. The fourth-order valence-electron chi connectivity index (χ4n) is 2.85. The first-order valence-corrected chi connectivity index (χ1v) is 7.42. The fourth-order valence-corrected chi connectivity index (χ4v) is 2.85. The highest BCUT2D eigenvalue weighted by Crippen LogP contribution is 2.26. The molecule has 4 nitrogen and oxygen atoms in total. The molecule has 3 rings (SSSR count). The third-order valence-corrected chi connectivity index (χ3v) is 4.15. The molecule has 0 fully saturated rings. The van der Waals surface area contributed by atoms with E-state index in [1.165, 1.54) is 22.3 Å². The number of benzene rings is 2.